The van der Waals surface area contributed by atoms with Gasteiger partial charge in [-0.25, -0.2) is 4.39 Å². The van der Waals surface area contributed by atoms with E-state index < -0.39 is 0 Å². The van der Waals surface area contributed by atoms with E-state index in [9.17, 15) is 9.18 Å². The van der Waals surface area contributed by atoms with E-state index in [1.54, 1.807) is 23.0 Å². The van der Waals surface area contributed by atoms with Crippen molar-refractivity contribution in [3.8, 4) is 5.75 Å². The van der Waals surface area contributed by atoms with Gasteiger partial charge in [0.2, 0.25) is 0 Å². The Bertz CT molecular complexity index is 1010. The first-order chi connectivity index (χ1) is 15.1. The fourth-order valence-electron chi connectivity index (χ4n) is 4.00. The predicted molar refractivity (Wildman–Crippen MR) is 117 cm³/mol. The molecule has 2 aromatic carbocycles. The standard InChI is InChI=1S/C25H28FN3O2/c1-2-29-17-22(16-27-29)25(30)28-12-10-20(11-13-28)14-19-6-8-21(9-7-19)18-31-24-5-3-4-23(26)15-24/h3-9,15-17,20H,2,10-14,18H2,1H3. The number of rotatable bonds is 7. The van der Waals surface area contributed by atoms with Crippen LogP contribution in [0.1, 0.15) is 41.3 Å². The van der Waals surface area contributed by atoms with Gasteiger partial charge in [0.1, 0.15) is 18.2 Å². The van der Waals surface area contributed by atoms with Gasteiger partial charge in [0.15, 0.2) is 0 Å². The van der Waals surface area contributed by atoms with E-state index >= 15 is 0 Å². The largest absolute Gasteiger partial charge is 0.489 e. The third kappa shape index (κ3) is 5.51. The molecule has 5 nitrogen and oxygen atoms in total. The zero-order valence-corrected chi connectivity index (χ0v) is 17.8. The third-order valence-electron chi connectivity index (χ3n) is 5.85. The first-order valence-electron chi connectivity index (χ1n) is 10.9. The van der Waals surface area contributed by atoms with Gasteiger partial charge in [-0.1, -0.05) is 30.3 Å². The Morgan fingerprint density at radius 3 is 2.55 bits per heavy atom. The summed E-state index contributed by atoms with van der Waals surface area (Å²) in [6.45, 7) is 4.78. The Kier molecular flexibility index (Phi) is 6.65. The van der Waals surface area contributed by atoms with Crippen molar-refractivity contribution < 1.29 is 13.9 Å². The number of aryl methyl sites for hydroxylation is 1. The van der Waals surface area contributed by atoms with Crippen molar-refractivity contribution in [3.05, 3.63) is 83.4 Å². The van der Waals surface area contributed by atoms with Crippen LogP contribution in [0.4, 0.5) is 4.39 Å². The van der Waals surface area contributed by atoms with E-state index in [-0.39, 0.29) is 11.7 Å². The summed E-state index contributed by atoms with van der Waals surface area (Å²) in [4.78, 5) is 14.6. The average Bonchev–Trinajstić information content (AvgIpc) is 3.28. The predicted octanol–water partition coefficient (Wildman–Crippen LogP) is 4.72. The number of amides is 1. The molecule has 0 radical (unpaired) electrons. The van der Waals surface area contributed by atoms with Crippen LogP contribution >= 0.6 is 0 Å². The molecule has 0 spiro atoms. The molecule has 31 heavy (non-hydrogen) atoms. The summed E-state index contributed by atoms with van der Waals surface area (Å²) in [6, 6.07) is 14.6. The second-order valence-corrected chi connectivity index (χ2v) is 8.09. The Hall–Kier alpha value is -3.15. The molecule has 0 atom stereocenters. The number of hydrogen-bond donors (Lipinski definition) is 0. The maximum atomic E-state index is 13.2. The quantitative estimate of drug-likeness (QED) is 0.555. The molecule has 6 heteroatoms. The summed E-state index contributed by atoms with van der Waals surface area (Å²) in [7, 11) is 0. The van der Waals surface area contributed by atoms with Crippen LogP contribution < -0.4 is 4.74 Å². The van der Waals surface area contributed by atoms with Gasteiger partial charge in [-0.15, -0.1) is 0 Å². The van der Waals surface area contributed by atoms with Crippen molar-refractivity contribution in [2.75, 3.05) is 13.1 Å². The lowest BCUT2D eigenvalue weighted by molar-refractivity contribution is 0.0690. The molecule has 162 valence electrons. The van der Waals surface area contributed by atoms with Crippen LogP contribution in [0.25, 0.3) is 0 Å². The van der Waals surface area contributed by atoms with Crippen molar-refractivity contribution in [2.24, 2.45) is 5.92 Å². The van der Waals surface area contributed by atoms with Crippen molar-refractivity contribution in [3.63, 3.8) is 0 Å². The second kappa shape index (κ2) is 9.77. The summed E-state index contributed by atoms with van der Waals surface area (Å²) >= 11 is 0. The fourth-order valence-corrected chi connectivity index (χ4v) is 4.00. The number of hydrogen-bond acceptors (Lipinski definition) is 3. The van der Waals surface area contributed by atoms with Gasteiger partial charge in [0.05, 0.1) is 11.8 Å². The molecule has 0 unspecified atom stereocenters. The van der Waals surface area contributed by atoms with Crippen molar-refractivity contribution in [1.29, 1.82) is 0 Å². The molecular weight excluding hydrogens is 393 g/mol. The first kappa shape index (κ1) is 21.1. The lowest BCUT2D eigenvalue weighted by atomic mass is 9.90. The maximum Gasteiger partial charge on any atom is 0.257 e. The lowest BCUT2D eigenvalue weighted by Crippen LogP contribution is -2.38. The summed E-state index contributed by atoms with van der Waals surface area (Å²) in [5.41, 5.74) is 3.03. The van der Waals surface area contributed by atoms with Gasteiger partial charge in [-0.3, -0.25) is 9.48 Å². The minimum Gasteiger partial charge on any atom is -0.489 e. The van der Waals surface area contributed by atoms with Crippen molar-refractivity contribution in [2.45, 2.75) is 39.3 Å². The Morgan fingerprint density at radius 1 is 1.13 bits per heavy atom. The molecule has 1 aliphatic heterocycles. The van der Waals surface area contributed by atoms with Crippen LogP contribution in [-0.4, -0.2) is 33.7 Å². The molecule has 1 saturated heterocycles. The number of halogens is 1. The number of piperidine rings is 1. The molecule has 2 heterocycles. The number of carbonyl (C=O) groups excluding carboxylic acids is 1. The number of nitrogens with zero attached hydrogens (tertiary/aromatic N) is 3. The number of aromatic nitrogens is 2. The average molecular weight is 422 g/mol. The number of likely N-dealkylation sites (tertiary alicyclic amines) is 1. The Balaban J connectivity index is 1.24. The van der Waals surface area contributed by atoms with Gasteiger partial charge in [0.25, 0.3) is 5.91 Å². The summed E-state index contributed by atoms with van der Waals surface area (Å²) < 4.78 is 20.7. The molecule has 1 aromatic heterocycles. The van der Waals surface area contributed by atoms with E-state index in [2.05, 4.69) is 29.4 Å². The van der Waals surface area contributed by atoms with Gasteiger partial charge in [-0.2, -0.15) is 5.10 Å². The van der Waals surface area contributed by atoms with E-state index in [1.807, 2.05) is 18.0 Å². The molecule has 0 saturated carbocycles. The van der Waals surface area contributed by atoms with E-state index in [4.69, 9.17) is 4.74 Å². The first-order valence-corrected chi connectivity index (χ1v) is 10.9. The SMILES string of the molecule is CCn1cc(C(=O)N2CCC(Cc3ccc(COc4cccc(F)c4)cc3)CC2)cn1. The molecule has 1 amide bonds. The van der Waals surface area contributed by atoms with Crippen LogP contribution in [0.2, 0.25) is 0 Å². The highest BCUT2D eigenvalue weighted by Gasteiger charge is 2.24. The number of carbonyl (C=O) groups is 1. The number of ether oxygens (including phenoxy) is 1. The van der Waals surface area contributed by atoms with E-state index in [1.165, 1.54) is 17.7 Å². The third-order valence-corrected chi connectivity index (χ3v) is 5.85. The molecule has 3 aromatic rings. The van der Waals surface area contributed by atoms with Crippen molar-refractivity contribution in [1.82, 2.24) is 14.7 Å². The van der Waals surface area contributed by atoms with Gasteiger partial charge in [0, 0.05) is 31.9 Å². The van der Waals surface area contributed by atoms with Gasteiger partial charge in [-0.05, 0) is 55.4 Å². The highest BCUT2D eigenvalue weighted by atomic mass is 19.1. The lowest BCUT2D eigenvalue weighted by Gasteiger charge is -2.32. The smallest absolute Gasteiger partial charge is 0.257 e. The summed E-state index contributed by atoms with van der Waals surface area (Å²) in [6.07, 6.45) is 6.53. The molecule has 1 fully saturated rings. The van der Waals surface area contributed by atoms with Crippen LogP contribution in [0.5, 0.6) is 5.75 Å². The van der Waals surface area contributed by atoms with Crippen molar-refractivity contribution >= 4 is 5.91 Å². The monoisotopic (exact) mass is 421 g/mol. The number of benzene rings is 2. The summed E-state index contributed by atoms with van der Waals surface area (Å²) in [5, 5.41) is 4.21. The second-order valence-electron chi connectivity index (χ2n) is 8.09. The Labute approximate surface area is 182 Å². The fraction of sp³-hybridized carbons (Fsp3) is 0.360. The molecular formula is C25H28FN3O2. The maximum absolute atomic E-state index is 13.2. The highest BCUT2D eigenvalue weighted by Crippen LogP contribution is 2.23. The highest BCUT2D eigenvalue weighted by molar-refractivity contribution is 5.93. The Morgan fingerprint density at radius 2 is 1.87 bits per heavy atom. The van der Waals surface area contributed by atoms with Crippen LogP contribution in [0.3, 0.4) is 0 Å². The normalized spacial score (nSPS) is 14.6. The zero-order chi connectivity index (χ0) is 21.6. The topological polar surface area (TPSA) is 47.4 Å². The zero-order valence-electron chi connectivity index (χ0n) is 17.8. The summed E-state index contributed by atoms with van der Waals surface area (Å²) in [5.74, 6) is 0.904. The molecule has 1 aliphatic rings. The van der Waals surface area contributed by atoms with Crippen LogP contribution in [0.15, 0.2) is 60.9 Å². The van der Waals surface area contributed by atoms with Gasteiger partial charge >= 0.3 is 0 Å². The molecule has 0 bridgehead atoms. The minimum atomic E-state index is -0.295. The van der Waals surface area contributed by atoms with Gasteiger partial charge < -0.3 is 9.64 Å². The van der Waals surface area contributed by atoms with Crippen LogP contribution in [0, 0.1) is 11.7 Å². The van der Waals surface area contributed by atoms with E-state index in [0.717, 1.165) is 44.5 Å². The van der Waals surface area contributed by atoms with Crippen LogP contribution in [-0.2, 0) is 19.6 Å². The van der Waals surface area contributed by atoms with E-state index in [0.29, 0.717) is 23.8 Å². The molecule has 4 rings (SSSR count). The minimum absolute atomic E-state index is 0.0841. The molecule has 0 aliphatic carbocycles. The molecule has 0 N–H and O–H groups in total.